The van der Waals surface area contributed by atoms with Crippen LogP contribution in [0.2, 0.25) is 0 Å². The van der Waals surface area contributed by atoms with Crippen LogP contribution in [0, 0.1) is 0 Å². The van der Waals surface area contributed by atoms with Crippen molar-refractivity contribution in [2.24, 2.45) is 0 Å². The van der Waals surface area contributed by atoms with Crippen molar-refractivity contribution in [3.8, 4) is 17.1 Å². The molecule has 9 heteroatoms. The molecule has 0 aliphatic carbocycles. The fourth-order valence-corrected chi connectivity index (χ4v) is 2.69. The molecule has 0 N–H and O–H groups in total. The van der Waals surface area contributed by atoms with Gasteiger partial charge in [-0.2, -0.15) is 0 Å². The van der Waals surface area contributed by atoms with Crippen LogP contribution in [-0.4, -0.2) is 33.2 Å². The van der Waals surface area contributed by atoms with E-state index in [1.165, 1.54) is 23.3 Å². The van der Waals surface area contributed by atoms with Crippen molar-refractivity contribution in [2.45, 2.75) is 5.16 Å². The highest BCUT2D eigenvalue weighted by Crippen LogP contribution is 2.25. The van der Waals surface area contributed by atoms with Gasteiger partial charge in [-0.3, -0.25) is 4.57 Å². The third-order valence-electron chi connectivity index (χ3n) is 2.68. The molecule has 2 aromatic heterocycles. The molecular weight excluding hydrogens is 314 g/mol. The van der Waals surface area contributed by atoms with Crippen molar-refractivity contribution in [2.75, 3.05) is 0 Å². The lowest BCUT2D eigenvalue weighted by Crippen LogP contribution is -2.05. The summed E-state index contributed by atoms with van der Waals surface area (Å²) in [7, 11) is 1.38. The largest absolute Gasteiger partial charge is 0.297 e. The molecule has 3 rings (SSSR count). The topological polar surface area (TPSA) is 90.6 Å². The van der Waals surface area contributed by atoms with Gasteiger partial charge >= 0.3 is 0 Å². The molecule has 7 nitrogen and oxygen atoms in total. The van der Waals surface area contributed by atoms with Crippen molar-refractivity contribution >= 4 is 19.7 Å². The van der Waals surface area contributed by atoms with Gasteiger partial charge in [-0.05, 0) is 12.1 Å². The predicted molar refractivity (Wildman–Crippen MR) is 75.4 cm³/mol. The van der Waals surface area contributed by atoms with Crippen LogP contribution in [0.3, 0.4) is 0 Å². The summed E-state index contributed by atoms with van der Waals surface area (Å²) in [6.07, 6.45) is 4.40. The molecule has 0 unspecified atom stereocenters. The zero-order valence-corrected chi connectivity index (χ0v) is 12.0. The first kappa shape index (κ1) is 13.7. The molecule has 0 spiro atoms. The average molecular weight is 322 g/mol. The van der Waals surface area contributed by atoms with E-state index in [4.69, 9.17) is 10.7 Å². The van der Waals surface area contributed by atoms with E-state index in [1.807, 2.05) is 6.07 Å². The number of hydrogen-bond acceptors (Lipinski definition) is 6. The summed E-state index contributed by atoms with van der Waals surface area (Å²) in [5.41, 5.74) is 1.10. The first-order valence-corrected chi connectivity index (χ1v) is 8.09. The van der Waals surface area contributed by atoms with Crippen molar-refractivity contribution in [1.82, 2.24) is 24.7 Å². The molecule has 0 aliphatic rings. The van der Waals surface area contributed by atoms with Gasteiger partial charge in [0.2, 0.25) is 0 Å². The third-order valence-corrected chi connectivity index (χ3v) is 3.80. The summed E-state index contributed by atoms with van der Waals surface area (Å²) in [5, 5.41) is 7.22. The summed E-state index contributed by atoms with van der Waals surface area (Å²) in [4.78, 5) is 7.79. The Bertz CT molecular complexity index is 865. The van der Waals surface area contributed by atoms with Gasteiger partial charge in [-0.1, -0.05) is 18.2 Å². The van der Waals surface area contributed by atoms with Crippen molar-refractivity contribution in [1.29, 1.82) is 0 Å². The lowest BCUT2D eigenvalue weighted by molar-refractivity contribution is 0.597. The predicted octanol–water partition coefficient (Wildman–Crippen LogP) is 1.65. The fraction of sp³-hybridized carbons (Fsp3) is 0. The summed E-state index contributed by atoms with van der Waals surface area (Å²) in [6.45, 7) is 0. The Balaban J connectivity index is 2.31. The molecule has 106 valence electrons. The van der Waals surface area contributed by atoms with Gasteiger partial charge in [0.15, 0.2) is 5.82 Å². The first-order chi connectivity index (χ1) is 10.1. The number of para-hydroxylation sites is 1. The van der Waals surface area contributed by atoms with E-state index in [9.17, 15) is 8.42 Å². The van der Waals surface area contributed by atoms with Crippen LogP contribution < -0.4 is 0 Å². The molecule has 0 radical (unpaired) electrons. The van der Waals surface area contributed by atoms with Crippen LogP contribution in [0.15, 0.2) is 54.2 Å². The number of nitrogens with zero attached hydrogens (tertiary/aromatic N) is 5. The first-order valence-electron chi connectivity index (χ1n) is 5.78. The Hall–Kier alpha value is -2.32. The van der Waals surface area contributed by atoms with Crippen molar-refractivity contribution < 1.29 is 8.42 Å². The van der Waals surface area contributed by atoms with Crippen molar-refractivity contribution in [3.63, 3.8) is 0 Å². The second-order valence-electron chi connectivity index (χ2n) is 4.04. The average Bonchev–Trinajstić information content (AvgIpc) is 2.94. The van der Waals surface area contributed by atoms with E-state index in [1.54, 1.807) is 24.3 Å². The third kappa shape index (κ3) is 2.63. The fourth-order valence-electron chi connectivity index (χ4n) is 1.84. The van der Waals surface area contributed by atoms with Gasteiger partial charge in [0.25, 0.3) is 14.2 Å². The number of halogens is 1. The van der Waals surface area contributed by atoms with Crippen LogP contribution in [-0.2, 0) is 9.05 Å². The normalized spacial score (nSPS) is 11.5. The van der Waals surface area contributed by atoms with Gasteiger partial charge in [0, 0.05) is 28.8 Å². The van der Waals surface area contributed by atoms with Gasteiger partial charge in [0.1, 0.15) is 6.33 Å². The summed E-state index contributed by atoms with van der Waals surface area (Å²) < 4.78 is 24.7. The number of rotatable bonds is 3. The maximum Gasteiger partial charge on any atom is 0.297 e. The van der Waals surface area contributed by atoms with E-state index < -0.39 is 9.05 Å². The van der Waals surface area contributed by atoms with Crippen LogP contribution in [0.4, 0.5) is 0 Å². The molecule has 0 amide bonds. The van der Waals surface area contributed by atoms with Crippen LogP contribution >= 0.6 is 10.7 Å². The van der Waals surface area contributed by atoms with E-state index in [2.05, 4.69) is 20.2 Å². The van der Waals surface area contributed by atoms with E-state index in [-0.39, 0.29) is 5.16 Å². The Kier molecular flexibility index (Phi) is 3.40. The zero-order valence-electron chi connectivity index (χ0n) is 10.5. The van der Waals surface area contributed by atoms with Crippen LogP contribution in [0.5, 0.6) is 0 Å². The van der Waals surface area contributed by atoms with Crippen LogP contribution in [0.25, 0.3) is 17.1 Å². The Morgan fingerprint density at radius 2 is 1.67 bits per heavy atom. The highest BCUT2D eigenvalue weighted by molar-refractivity contribution is 8.13. The maximum absolute atomic E-state index is 11.7. The molecule has 0 saturated carbocycles. The Labute approximate surface area is 124 Å². The molecule has 2 heterocycles. The Morgan fingerprint density at radius 3 is 2.29 bits per heavy atom. The molecule has 0 bridgehead atoms. The minimum absolute atomic E-state index is 0.293. The minimum atomic E-state index is -4.05. The smallest absolute Gasteiger partial charge is 0.265 e. The lowest BCUT2D eigenvalue weighted by atomic mass is 10.3. The van der Waals surface area contributed by atoms with E-state index >= 15 is 0 Å². The SMILES string of the molecule is O=S(=O)(Cl)c1nnc(-c2cncnc2)n1-c1ccccc1. The highest BCUT2D eigenvalue weighted by atomic mass is 35.7. The monoisotopic (exact) mass is 321 g/mol. The molecular formula is C12H8ClN5O2S. The lowest BCUT2D eigenvalue weighted by Gasteiger charge is -2.08. The number of hydrogen-bond donors (Lipinski definition) is 0. The quantitative estimate of drug-likeness (QED) is 0.681. The Morgan fingerprint density at radius 1 is 1.00 bits per heavy atom. The number of benzene rings is 1. The summed E-state index contributed by atoms with van der Waals surface area (Å²) in [5.74, 6) is 0.293. The molecule has 0 fully saturated rings. The summed E-state index contributed by atoms with van der Waals surface area (Å²) in [6, 6.07) is 8.80. The second kappa shape index (κ2) is 5.23. The molecule has 0 atom stereocenters. The van der Waals surface area contributed by atoms with Gasteiger partial charge in [-0.15, -0.1) is 10.2 Å². The molecule has 0 saturated heterocycles. The van der Waals surface area contributed by atoms with Crippen molar-refractivity contribution in [3.05, 3.63) is 49.1 Å². The van der Waals surface area contributed by atoms with Gasteiger partial charge < -0.3 is 0 Å². The maximum atomic E-state index is 11.7. The summed E-state index contributed by atoms with van der Waals surface area (Å²) >= 11 is 0. The number of aromatic nitrogens is 5. The second-order valence-corrected chi connectivity index (χ2v) is 6.50. The minimum Gasteiger partial charge on any atom is -0.265 e. The zero-order chi connectivity index (χ0) is 14.9. The standard InChI is InChI=1S/C12H8ClN5O2S/c13-21(19,20)12-17-16-11(9-6-14-8-15-7-9)18(12)10-4-2-1-3-5-10/h1-8H. The molecule has 0 aliphatic heterocycles. The van der Waals surface area contributed by atoms with Crippen LogP contribution in [0.1, 0.15) is 0 Å². The van der Waals surface area contributed by atoms with E-state index in [0.717, 1.165) is 0 Å². The van der Waals surface area contributed by atoms with Gasteiger partial charge in [-0.25, -0.2) is 18.4 Å². The highest BCUT2D eigenvalue weighted by Gasteiger charge is 2.24. The van der Waals surface area contributed by atoms with E-state index in [0.29, 0.717) is 17.1 Å². The molecule has 3 aromatic rings. The molecule has 1 aromatic carbocycles. The molecule has 21 heavy (non-hydrogen) atoms. The van der Waals surface area contributed by atoms with Gasteiger partial charge in [0.05, 0.1) is 5.56 Å².